The maximum absolute atomic E-state index is 12.7. The van der Waals surface area contributed by atoms with Gasteiger partial charge in [-0.05, 0) is 55.5 Å². The van der Waals surface area contributed by atoms with Crippen LogP contribution in [0.2, 0.25) is 0 Å². The maximum atomic E-state index is 12.7. The van der Waals surface area contributed by atoms with E-state index in [0.717, 1.165) is 31.5 Å². The topological polar surface area (TPSA) is 84.7 Å². The van der Waals surface area contributed by atoms with Gasteiger partial charge in [-0.15, -0.1) is 0 Å². The number of ether oxygens (including phenoxy) is 1. The van der Waals surface area contributed by atoms with Crippen molar-refractivity contribution < 1.29 is 14.5 Å². The number of methoxy groups -OCH3 is 1. The van der Waals surface area contributed by atoms with Gasteiger partial charge in [0.25, 0.3) is 11.6 Å². The summed E-state index contributed by atoms with van der Waals surface area (Å²) in [6, 6.07) is 10.1. The van der Waals surface area contributed by atoms with Crippen molar-refractivity contribution in [3.63, 3.8) is 0 Å². The first kappa shape index (κ1) is 19.7. The Labute approximate surface area is 164 Å². The molecule has 1 heterocycles. The van der Waals surface area contributed by atoms with Gasteiger partial charge in [0.2, 0.25) is 0 Å². The summed E-state index contributed by atoms with van der Waals surface area (Å²) in [5, 5.41) is 14.4. The summed E-state index contributed by atoms with van der Waals surface area (Å²) in [4.78, 5) is 26.0. The van der Waals surface area contributed by atoms with Crippen LogP contribution in [0.15, 0.2) is 36.4 Å². The monoisotopic (exact) mass is 383 g/mol. The van der Waals surface area contributed by atoms with Crippen LogP contribution >= 0.6 is 0 Å². The molecule has 148 valence electrons. The zero-order valence-corrected chi connectivity index (χ0v) is 16.4. The van der Waals surface area contributed by atoms with E-state index < -0.39 is 10.8 Å². The number of hydrogen-bond donors (Lipinski definition) is 1. The van der Waals surface area contributed by atoms with Crippen LogP contribution in [0.25, 0.3) is 0 Å². The lowest BCUT2D eigenvalue weighted by atomic mass is 9.99. The van der Waals surface area contributed by atoms with Gasteiger partial charge >= 0.3 is 0 Å². The number of amides is 1. The Morgan fingerprint density at radius 1 is 1.29 bits per heavy atom. The predicted octanol–water partition coefficient (Wildman–Crippen LogP) is 4.40. The van der Waals surface area contributed by atoms with Gasteiger partial charge < -0.3 is 15.0 Å². The van der Waals surface area contributed by atoms with E-state index in [4.69, 9.17) is 4.74 Å². The van der Waals surface area contributed by atoms with E-state index in [9.17, 15) is 14.9 Å². The second kappa shape index (κ2) is 8.29. The number of nitrogens with zero attached hydrogens (tertiary/aromatic N) is 2. The molecule has 0 aliphatic carbocycles. The molecule has 2 aromatic carbocycles. The molecule has 0 radical (unpaired) electrons. The Bertz CT molecular complexity index is 897. The van der Waals surface area contributed by atoms with Crippen molar-refractivity contribution in [2.75, 3.05) is 30.4 Å². The summed E-state index contributed by atoms with van der Waals surface area (Å²) in [5.74, 6) is 0.614. The van der Waals surface area contributed by atoms with Gasteiger partial charge in [-0.1, -0.05) is 13.0 Å². The lowest BCUT2D eigenvalue weighted by Crippen LogP contribution is -2.34. The zero-order chi connectivity index (χ0) is 20.3. The van der Waals surface area contributed by atoms with Crippen molar-refractivity contribution in [1.82, 2.24) is 0 Å². The van der Waals surface area contributed by atoms with E-state index >= 15 is 0 Å². The van der Waals surface area contributed by atoms with Crippen molar-refractivity contribution in [3.8, 4) is 5.75 Å². The number of anilines is 2. The highest BCUT2D eigenvalue weighted by atomic mass is 16.6. The van der Waals surface area contributed by atoms with Crippen molar-refractivity contribution >= 4 is 23.0 Å². The number of carbonyl (C=O) groups excluding carboxylic acids is 1. The molecule has 7 nitrogen and oxygen atoms in total. The second-order valence-corrected chi connectivity index (χ2v) is 7.31. The maximum Gasteiger partial charge on any atom is 0.293 e. The highest BCUT2D eigenvalue weighted by Crippen LogP contribution is 2.33. The quantitative estimate of drug-likeness (QED) is 0.611. The fraction of sp³-hybridized carbons (Fsp3) is 0.381. The lowest BCUT2D eigenvalue weighted by molar-refractivity contribution is -0.384. The first-order valence-electron chi connectivity index (χ1n) is 9.38. The SMILES string of the molecule is COc1ccc(C)cc1NC(=O)c1ccc(N2CCC[C@@H](C)C2)c([N+](=O)[O-])c1. The first-order chi connectivity index (χ1) is 13.4. The number of piperidine rings is 1. The fourth-order valence-electron chi connectivity index (χ4n) is 3.60. The number of carbonyl (C=O) groups is 1. The van der Waals surface area contributed by atoms with Crippen LogP contribution in [0.5, 0.6) is 5.75 Å². The number of hydrogen-bond acceptors (Lipinski definition) is 5. The van der Waals surface area contributed by atoms with Crippen LogP contribution in [0, 0.1) is 23.0 Å². The molecule has 0 saturated carbocycles. The standard InChI is InChI=1S/C21H25N3O4/c1-14-6-9-20(28-3)17(11-14)22-21(25)16-7-8-18(19(12-16)24(26)27)23-10-4-5-15(2)13-23/h6-9,11-12,15H,4-5,10,13H2,1-3H3,(H,22,25)/t15-/m1/s1. The Hall–Kier alpha value is -3.09. The molecule has 0 aromatic heterocycles. The van der Waals surface area contributed by atoms with Crippen LogP contribution in [-0.2, 0) is 0 Å². The number of benzene rings is 2. The normalized spacial score (nSPS) is 16.5. The molecule has 7 heteroatoms. The molecule has 1 amide bonds. The summed E-state index contributed by atoms with van der Waals surface area (Å²) < 4.78 is 5.28. The molecule has 1 aliphatic heterocycles. The van der Waals surface area contributed by atoms with Crippen molar-refractivity contribution in [2.24, 2.45) is 5.92 Å². The van der Waals surface area contributed by atoms with Gasteiger partial charge in [-0.25, -0.2) is 0 Å². The smallest absolute Gasteiger partial charge is 0.293 e. The van der Waals surface area contributed by atoms with E-state index in [1.165, 1.54) is 13.2 Å². The highest BCUT2D eigenvalue weighted by molar-refractivity contribution is 6.05. The minimum absolute atomic E-state index is 0.0436. The molecule has 28 heavy (non-hydrogen) atoms. The van der Waals surface area contributed by atoms with Crippen LogP contribution in [0.1, 0.15) is 35.7 Å². The summed E-state index contributed by atoms with van der Waals surface area (Å²) in [7, 11) is 1.53. The molecule has 0 bridgehead atoms. The van der Waals surface area contributed by atoms with E-state index in [1.807, 2.05) is 17.9 Å². The molecule has 0 spiro atoms. The summed E-state index contributed by atoms with van der Waals surface area (Å²) in [5.41, 5.74) is 2.27. The largest absolute Gasteiger partial charge is 0.495 e. The van der Waals surface area contributed by atoms with E-state index in [2.05, 4.69) is 12.2 Å². The van der Waals surface area contributed by atoms with Gasteiger partial charge in [0.1, 0.15) is 11.4 Å². The average molecular weight is 383 g/mol. The third-order valence-electron chi connectivity index (χ3n) is 5.04. The molecule has 1 atom stereocenters. The molecule has 3 rings (SSSR count). The number of rotatable bonds is 5. The molecule has 2 aromatic rings. The summed E-state index contributed by atoms with van der Waals surface area (Å²) in [6.45, 7) is 5.63. The van der Waals surface area contributed by atoms with Crippen molar-refractivity contribution in [2.45, 2.75) is 26.7 Å². The lowest BCUT2D eigenvalue weighted by Gasteiger charge is -2.32. The number of nitro benzene ring substituents is 1. The number of aryl methyl sites for hydroxylation is 1. The van der Waals surface area contributed by atoms with E-state index in [-0.39, 0.29) is 11.3 Å². The predicted molar refractivity (Wildman–Crippen MR) is 109 cm³/mol. The molecule has 1 saturated heterocycles. The van der Waals surface area contributed by atoms with Crippen LogP contribution in [0.3, 0.4) is 0 Å². The molecule has 1 aliphatic rings. The molecule has 1 fully saturated rings. The number of nitrogens with one attached hydrogen (secondary N) is 1. The van der Waals surface area contributed by atoms with Gasteiger partial charge in [0.15, 0.2) is 0 Å². The minimum atomic E-state index is -0.418. The van der Waals surface area contributed by atoms with Crippen LogP contribution < -0.4 is 15.0 Å². The highest BCUT2D eigenvalue weighted by Gasteiger charge is 2.25. The number of nitro groups is 1. The zero-order valence-electron chi connectivity index (χ0n) is 16.4. The van der Waals surface area contributed by atoms with Gasteiger partial charge in [-0.3, -0.25) is 14.9 Å². The Morgan fingerprint density at radius 3 is 2.75 bits per heavy atom. The van der Waals surface area contributed by atoms with Crippen LogP contribution in [-0.4, -0.2) is 31.0 Å². The molecule has 1 N–H and O–H groups in total. The van der Waals surface area contributed by atoms with E-state index in [0.29, 0.717) is 23.0 Å². The summed E-state index contributed by atoms with van der Waals surface area (Å²) in [6.07, 6.45) is 2.14. The molecule has 0 unspecified atom stereocenters. The third-order valence-corrected chi connectivity index (χ3v) is 5.04. The van der Waals surface area contributed by atoms with Crippen LogP contribution in [0.4, 0.5) is 17.1 Å². The van der Waals surface area contributed by atoms with Crippen molar-refractivity contribution in [3.05, 3.63) is 57.6 Å². The first-order valence-corrected chi connectivity index (χ1v) is 9.38. The minimum Gasteiger partial charge on any atom is -0.495 e. The summed E-state index contributed by atoms with van der Waals surface area (Å²) >= 11 is 0. The Balaban J connectivity index is 1.88. The third kappa shape index (κ3) is 4.24. The molecular formula is C21H25N3O4. The average Bonchev–Trinajstić information content (AvgIpc) is 2.67. The van der Waals surface area contributed by atoms with Gasteiger partial charge in [0, 0.05) is 24.7 Å². The second-order valence-electron chi connectivity index (χ2n) is 7.31. The Morgan fingerprint density at radius 2 is 2.07 bits per heavy atom. The van der Waals surface area contributed by atoms with E-state index in [1.54, 1.807) is 24.3 Å². The fourth-order valence-corrected chi connectivity index (χ4v) is 3.60. The van der Waals surface area contributed by atoms with Gasteiger partial charge in [0.05, 0.1) is 17.7 Å². The Kier molecular flexibility index (Phi) is 5.82. The van der Waals surface area contributed by atoms with Crippen molar-refractivity contribution in [1.29, 1.82) is 0 Å². The van der Waals surface area contributed by atoms with Gasteiger partial charge in [-0.2, -0.15) is 0 Å². The molecular weight excluding hydrogens is 358 g/mol.